The highest BCUT2D eigenvalue weighted by Crippen LogP contribution is 2.25. The quantitative estimate of drug-likeness (QED) is 0.430. The van der Waals surface area contributed by atoms with Crippen LogP contribution in [-0.2, 0) is 7.05 Å². The molecule has 1 aromatic heterocycles. The summed E-state index contributed by atoms with van der Waals surface area (Å²) in [5.41, 5.74) is 6.99. The molecule has 0 aliphatic carbocycles. The molecule has 1 aromatic rings. The molecule has 0 fully saturated rings. The van der Waals surface area contributed by atoms with Gasteiger partial charge in [-0.3, -0.25) is 10.5 Å². The van der Waals surface area contributed by atoms with Crippen LogP contribution in [-0.4, -0.2) is 9.78 Å². The highest BCUT2D eigenvalue weighted by atomic mass is 15.3. The second-order valence-electron chi connectivity index (χ2n) is 3.65. The van der Waals surface area contributed by atoms with Crippen molar-refractivity contribution in [3.8, 4) is 0 Å². The predicted octanol–water partition coefficient (Wildman–Crippen LogP) is 1.12. The standard InChI is InChI=1S/C10H18N4/c1-6(2)10(12-11)9-7(3)13-14(5)8(9)4/h10,12H,1,11H2,2-5H3. The van der Waals surface area contributed by atoms with Gasteiger partial charge in [0.15, 0.2) is 0 Å². The van der Waals surface area contributed by atoms with Crippen LogP contribution in [0.15, 0.2) is 12.2 Å². The Morgan fingerprint density at radius 2 is 2.14 bits per heavy atom. The Labute approximate surface area is 84.8 Å². The number of nitrogens with zero attached hydrogens (tertiary/aromatic N) is 2. The lowest BCUT2D eigenvalue weighted by atomic mass is 10.00. The second kappa shape index (κ2) is 3.94. The number of aryl methyl sites for hydroxylation is 2. The summed E-state index contributed by atoms with van der Waals surface area (Å²) in [6, 6.07) is -0.0105. The van der Waals surface area contributed by atoms with Gasteiger partial charge in [0.2, 0.25) is 0 Å². The van der Waals surface area contributed by atoms with E-state index in [0.717, 1.165) is 22.5 Å². The number of aromatic nitrogens is 2. The molecule has 3 N–H and O–H groups in total. The molecule has 0 bridgehead atoms. The fourth-order valence-corrected chi connectivity index (χ4v) is 1.68. The second-order valence-corrected chi connectivity index (χ2v) is 3.65. The molecule has 0 radical (unpaired) electrons. The SMILES string of the molecule is C=C(C)C(NN)c1c(C)nn(C)c1C. The molecule has 0 aliphatic rings. The molecule has 4 nitrogen and oxygen atoms in total. The minimum atomic E-state index is -0.0105. The number of nitrogens with one attached hydrogen (secondary N) is 1. The van der Waals surface area contributed by atoms with Crippen molar-refractivity contribution in [3.63, 3.8) is 0 Å². The lowest BCUT2D eigenvalue weighted by Crippen LogP contribution is -2.29. The third kappa shape index (κ3) is 1.71. The summed E-state index contributed by atoms with van der Waals surface area (Å²) in [5.74, 6) is 5.50. The van der Waals surface area contributed by atoms with Gasteiger partial charge in [0.25, 0.3) is 0 Å². The van der Waals surface area contributed by atoms with Crippen molar-refractivity contribution in [1.82, 2.24) is 15.2 Å². The maximum atomic E-state index is 5.50. The van der Waals surface area contributed by atoms with Crippen molar-refractivity contribution < 1.29 is 0 Å². The number of nitrogens with two attached hydrogens (primary N) is 1. The lowest BCUT2D eigenvalue weighted by molar-refractivity contribution is 0.619. The highest BCUT2D eigenvalue weighted by Gasteiger charge is 2.19. The van der Waals surface area contributed by atoms with Crippen LogP contribution in [0.2, 0.25) is 0 Å². The Kier molecular flexibility index (Phi) is 3.08. The summed E-state index contributed by atoms with van der Waals surface area (Å²) < 4.78 is 1.86. The molecule has 1 rings (SSSR count). The summed E-state index contributed by atoms with van der Waals surface area (Å²) in [6.07, 6.45) is 0. The van der Waals surface area contributed by atoms with E-state index in [9.17, 15) is 0 Å². The summed E-state index contributed by atoms with van der Waals surface area (Å²) in [7, 11) is 1.93. The van der Waals surface area contributed by atoms with Crippen molar-refractivity contribution in [2.24, 2.45) is 12.9 Å². The zero-order valence-corrected chi connectivity index (χ0v) is 9.26. The molecule has 0 saturated heterocycles. The molecule has 1 heterocycles. The van der Waals surface area contributed by atoms with Crippen molar-refractivity contribution in [3.05, 3.63) is 29.1 Å². The van der Waals surface area contributed by atoms with E-state index in [1.165, 1.54) is 0 Å². The predicted molar refractivity (Wildman–Crippen MR) is 57.6 cm³/mol. The maximum absolute atomic E-state index is 5.50. The van der Waals surface area contributed by atoms with Gasteiger partial charge >= 0.3 is 0 Å². The van der Waals surface area contributed by atoms with Crippen molar-refractivity contribution in [2.45, 2.75) is 26.8 Å². The Bertz CT molecular complexity index is 351. The van der Waals surface area contributed by atoms with Crippen molar-refractivity contribution >= 4 is 0 Å². The number of hydrogen-bond acceptors (Lipinski definition) is 3. The Morgan fingerprint density at radius 1 is 1.57 bits per heavy atom. The minimum Gasteiger partial charge on any atom is -0.272 e. The van der Waals surface area contributed by atoms with Gasteiger partial charge in [-0.25, -0.2) is 5.43 Å². The fraction of sp³-hybridized carbons (Fsp3) is 0.500. The molecule has 4 heteroatoms. The molecule has 0 amide bonds. The van der Waals surface area contributed by atoms with Gasteiger partial charge in [0, 0.05) is 18.3 Å². The fourth-order valence-electron chi connectivity index (χ4n) is 1.68. The molecule has 0 aliphatic heterocycles. The van der Waals surface area contributed by atoms with E-state index in [4.69, 9.17) is 5.84 Å². The largest absolute Gasteiger partial charge is 0.272 e. The molecule has 78 valence electrons. The molecule has 0 spiro atoms. The van der Waals surface area contributed by atoms with Crippen molar-refractivity contribution in [2.75, 3.05) is 0 Å². The van der Waals surface area contributed by atoms with Gasteiger partial charge in [-0.2, -0.15) is 5.10 Å². The minimum absolute atomic E-state index is 0.0105. The van der Waals surface area contributed by atoms with Gasteiger partial charge in [-0.1, -0.05) is 12.2 Å². The number of rotatable bonds is 3. The van der Waals surface area contributed by atoms with Gasteiger partial charge in [-0.15, -0.1) is 0 Å². The van der Waals surface area contributed by atoms with Crippen LogP contribution >= 0.6 is 0 Å². The van der Waals surface area contributed by atoms with Gasteiger partial charge in [0.05, 0.1) is 11.7 Å². The molecule has 0 saturated carbocycles. The first-order valence-electron chi connectivity index (χ1n) is 4.60. The first-order chi connectivity index (χ1) is 6.49. The van der Waals surface area contributed by atoms with Gasteiger partial charge < -0.3 is 0 Å². The topological polar surface area (TPSA) is 55.9 Å². The Hall–Kier alpha value is -1.13. The summed E-state index contributed by atoms with van der Waals surface area (Å²) >= 11 is 0. The average molecular weight is 194 g/mol. The van der Waals surface area contributed by atoms with Crippen LogP contribution in [0, 0.1) is 13.8 Å². The van der Waals surface area contributed by atoms with Crippen LogP contribution in [0.4, 0.5) is 0 Å². The van der Waals surface area contributed by atoms with E-state index in [1.807, 2.05) is 32.5 Å². The van der Waals surface area contributed by atoms with Gasteiger partial charge in [-0.05, 0) is 20.8 Å². The molecule has 14 heavy (non-hydrogen) atoms. The zero-order chi connectivity index (χ0) is 10.9. The summed E-state index contributed by atoms with van der Waals surface area (Å²) in [6.45, 7) is 9.88. The molecule has 1 unspecified atom stereocenters. The average Bonchev–Trinajstić information content (AvgIpc) is 2.32. The number of hydrogen-bond donors (Lipinski definition) is 2. The molecular weight excluding hydrogens is 176 g/mol. The smallest absolute Gasteiger partial charge is 0.0700 e. The summed E-state index contributed by atoms with van der Waals surface area (Å²) in [5, 5.41) is 4.34. The van der Waals surface area contributed by atoms with E-state index in [-0.39, 0.29) is 6.04 Å². The van der Waals surface area contributed by atoms with E-state index in [2.05, 4.69) is 17.1 Å². The van der Waals surface area contributed by atoms with Crippen LogP contribution in [0.3, 0.4) is 0 Å². The normalized spacial score (nSPS) is 12.9. The van der Waals surface area contributed by atoms with Crippen LogP contribution < -0.4 is 11.3 Å². The monoisotopic (exact) mass is 194 g/mol. The highest BCUT2D eigenvalue weighted by molar-refractivity contribution is 5.33. The van der Waals surface area contributed by atoms with Gasteiger partial charge in [0.1, 0.15) is 0 Å². The first kappa shape index (κ1) is 10.9. The van der Waals surface area contributed by atoms with Crippen molar-refractivity contribution in [1.29, 1.82) is 0 Å². The zero-order valence-electron chi connectivity index (χ0n) is 9.26. The van der Waals surface area contributed by atoms with Crippen LogP contribution in [0.25, 0.3) is 0 Å². The third-order valence-electron chi connectivity index (χ3n) is 2.51. The Morgan fingerprint density at radius 3 is 2.43 bits per heavy atom. The Balaban J connectivity index is 3.22. The van der Waals surface area contributed by atoms with Crippen LogP contribution in [0.1, 0.15) is 29.9 Å². The lowest BCUT2D eigenvalue weighted by Gasteiger charge is -2.16. The summed E-state index contributed by atoms with van der Waals surface area (Å²) in [4.78, 5) is 0. The number of hydrazine groups is 1. The third-order valence-corrected chi connectivity index (χ3v) is 2.51. The molecule has 1 atom stereocenters. The van der Waals surface area contributed by atoms with E-state index < -0.39 is 0 Å². The van der Waals surface area contributed by atoms with E-state index >= 15 is 0 Å². The molecule has 0 aromatic carbocycles. The first-order valence-corrected chi connectivity index (χ1v) is 4.60. The maximum Gasteiger partial charge on any atom is 0.0700 e. The van der Waals surface area contributed by atoms with E-state index in [1.54, 1.807) is 0 Å². The van der Waals surface area contributed by atoms with E-state index in [0.29, 0.717) is 0 Å². The van der Waals surface area contributed by atoms with Crippen LogP contribution in [0.5, 0.6) is 0 Å². The molecular formula is C10H18N4.